The van der Waals surface area contributed by atoms with Crippen LogP contribution in [0, 0.1) is 12.3 Å². The van der Waals surface area contributed by atoms with Crippen LogP contribution in [0.5, 0.6) is 0 Å². The molecule has 1 aromatic heterocycles. The van der Waals surface area contributed by atoms with E-state index in [0.717, 1.165) is 23.4 Å². The third-order valence-corrected chi connectivity index (χ3v) is 5.05. The zero-order chi connectivity index (χ0) is 21.1. The van der Waals surface area contributed by atoms with Crippen LogP contribution >= 0.6 is 0 Å². The first-order valence-electron chi connectivity index (χ1n) is 10.4. The summed E-state index contributed by atoms with van der Waals surface area (Å²) in [5.41, 5.74) is 5.85. The molecule has 154 valence electrons. The first kappa shape index (κ1) is 21.3. The van der Waals surface area contributed by atoms with E-state index in [0.29, 0.717) is 13.1 Å². The molecule has 0 bridgehead atoms. The van der Waals surface area contributed by atoms with Gasteiger partial charge in [-0.1, -0.05) is 75.4 Å². The number of rotatable bonds is 7. The lowest BCUT2D eigenvalue weighted by atomic mass is 9.82. The summed E-state index contributed by atoms with van der Waals surface area (Å²) in [5, 5.41) is 13.4. The highest BCUT2D eigenvalue weighted by Crippen LogP contribution is 2.28. The maximum absolute atomic E-state index is 4.87. The molecule has 0 atom stereocenters. The largest absolute Gasteiger partial charge is 0.306 e. The monoisotopic (exact) mass is 390 g/mol. The molecule has 0 radical (unpaired) electrons. The first-order chi connectivity index (χ1) is 13.6. The standard InChI is InChI=1S/C25H34N4/c1-19-12-10-11-15-21(19)17-29-27-22(16-26-25(5,6)18-24(2,3)4)23(28-29)20-13-8-7-9-14-20/h7-15,26H,16-18H2,1-6H3. The summed E-state index contributed by atoms with van der Waals surface area (Å²) in [6.07, 6.45) is 1.08. The van der Waals surface area contributed by atoms with Crippen molar-refractivity contribution >= 4 is 0 Å². The predicted octanol–water partition coefficient (Wildman–Crippen LogP) is 5.61. The maximum atomic E-state index is 4.87. The first-order valence-corrected chi connectivity index (χ1v) is 10.4. The minimum absolute atomic E-state index is 0.0198. The van der Waals surface area contributed by atoms with Crippen molar-refractivity contribution < 1.29 is 0 Å². The van der Waals surface area contributed by atoms with Crippen LogP contribution in [0.25, 0.3) is 11.3 Å². The van der Waals surface area contributed by atoms with E-state index in [1.54, 1.807) is 0 Å². The van der Waals surface area contributed by atoms with Crippen LogP contribution < -0.4 is 5.32 Å². The molecule has 29 heavy (non-hydrogen) atoms. The summed E-state index contributed by atoms with van der Waals surface area (Å²) in [5.74, 6) is 0. The molecule has 0 amide bonds. The molecule has 0 aliphatic carbocycles. The van der Waals surface area contributed by atoms with Gasteiger partial charge in [0, 0.05) is 17.6 Å². The number of hydrogen-bond donors (Lipinski definition) is 1. The Morgan fingerprint density at radius 1 is 0.862 bits per heavy atom. The van der Waals surface area contributed by atoms with E-state index in [9.17, 15) is 0 Å². The van der Waals surface area contributed by atoms with E-state index < -0.39 is 0 Å². The Balaban J connectivity index is 1.86. The fourth-order valence-corrected chi connectivity index (χ4v) is 4.04. The molecule has 1 heterocycles. The van der Waals surface area contributed by atoms with Gasteiger partial charge in [0.1, 0.15) is 11.4 Å². The van der Waals surface area contributed by atoms with Gasteiger partial charge in [-0.05, 0) is 43.7 Å². The Kier molecular flexibility index (Phi) is 6.23. The van der Waals surface area contributed by atoms with Crippen molar-refractivity contribution in [1.82, 2.24) is 20.3 Å². The number of nitrogens with zero attached hydrogens (tertiary/aromatic N) is 3. The molecular formula is C25H34N4. The molecule has 4 heteroatoms. The van der Waals surface area contributed by atoms with Gasteiger partial charge >= 0.3 is 0 Å². The normalized spacial score (nSPS) is 12.3. The van der Waals surface area contributed by atoms with Gasteiger partial charge in [0.15, 0.2) is 0 Å². The fourth-order valence-electron chi connectivity index (χ4n) is 4.04. The Hall–Kier alpha value is -2.46. The molecule has 0 saturated heterocycles. The summed E-state index contributed by atoms with van der Waals surface area (Å²) >= 11 is 0. The van der Waals surface area contributed by atoms with Crippen LogP contribution in [0.2, 0.25) is 0 Å². The van der Waals surface area contributed by atoms with E-state index in [1.807, 2.05) is 10.9 Å². The van der Waals surface area contributed by atoms with Crippen molar-refractivity contribution in [2.75, 3.05) is 0 Å². The lowest BCUT2D eigenvalue weighted by Gasteiger charge is -2.33. The zero-order valence-electron chi connectivity index (χ0n) is 18.7. The van der Waals surface area contributed by atoms with Gasteiger partial charge < -0.3 is 5.32 Å². The highest BCUT2D eigenvalue weighted by Gasteiger charge is 2.26. The van der Waals surface area contributed by atoms with Gasteiger partial charge in [-0.15, -0.1) is 0 Å². The zero-order valence-corrected chi connectivity index (χ0v) is 18.7. The fraction of sp³-hybridized carbons (Fsp3) is 0.440. The second-order valence-electron chi connectivity index (χ2n) is 9.79. The summed E-state index contributed by atoms with van der Waals surface area (Å²) in [7, 11) is 0. The summed E-state index contributed by atoms with van der Waals surface area (Å²) in [6, 6.07) is 18.8. The van der Waals surface area contributed by atoms with E-state index in [2.05, 4.69) is 95.4 Å². The average molecular weight is 391 g/mol. The molecule has 0 aliphatic rings. The molecule has 1 N–H and O–H groups in total. The SMILES string of the molecule is Cc1ccccc1Cn1nc(CNC(C)(C)CC(C)(C)C)c(-c2ccccc2)n1. The van der Waals surface area contributed by atoms with Crippen molar-refractivity contribution in [3.63, 3.8) is 0 Å². The number of aryl methyl sites for hydroxylation is 1. The third-order valence-electron chi connectivity index (χ3n) is 5.05. The number of aromatic nitrogens is 3. The summed E-state index contributed by atoms with van der Waals surface area (Å²) < 4.78 is 0. The van der Waals surface area contributed by atoms with Gasteiger partial charge in [-0.2, -0.15) is 15.0 Å². The minimum Gasteiger partial charge on any atom is -0.306 e. The van der Waals surface area contributed by atoms with Gasteiger partial charge in [-0.25, -0.2) is 0 Å². The number of benzene rings is 2. The highest BCUT2D eigenvalue weighted by atomic mass is 15.5. The molecule has 0 aliphatic heterocycles. The number of nitrogens with one attached hydrogen (secondary N) is 1. The molecule has 2 aromatic carbocycles. The van der Waals surface area contributed by atoms with Crippen LogP contribution in [-0.4, -0.2) is 20.5 Å². The average Bonchev–Trinajstić information content (AvgIpc) is 3.04. The molecule has 0 fully saturated rings. The van der Waals surface area contributed by atoms with Gasteiger partial charge in [0.05, 0.1) is 6.54 Å². The van der Waals surface area contributed by atoms with Crippen LogP contribution in [0.15, 0.2) is 54.6 Å². The van der Waals surface area contributed by atoms with Crippen LogP contribution in [0.1, 0.15) is 57.9 Å². The van der Waals surface area contributed by atoms with Crippen LogP contribution in [0.4, 0.5) is 0 Å². The molecule has 0 saturated carbocycles. The summed E-state index contributed by atoms with van der Waals surface area (Å²) in [6.45, 7) is 14.9. The van der Waals surface area contributed by atoms with Crippen molar-refractivity contribution in [1.29, 1.82) is 0 Å². The summed E-state index contributed by atoms with van der Waals surface area (Å²) in [4.78, 5) is 1.83. The molecule has 0 spiro atoms. The molecule has 4 nitrogen and oxygen atoms in total. The molecule has 0 unspecified atom stereocenters. The maximum Gasteiger partial charge on any atom is 0.117 e. The predicted molar refractivity (Wildman–Crippen MR) is 121 cm³/mol. The Labute approximate surface area is 175 Å². The smallest absolute Gasteiger partial charge is 0.117 e. The lowest BCUT2D eigenvalue weighted by molar-refractivity contribution is 0.240. The Bertz CT molecular complexity index is 933. The topological polar surface area (TPSA) is 42.7 Å². The van der Waals surface area contributed by atoms with E-state index >= 15 is 0 Å². The van der Waals surface area contributed by atoms with Crippen molar-refractivity contribution in [3.8, 4) is 11.3 Å². The second-order valence-corrected chi connectivity index (χ2v) is 9.79. The highest BCUT2D eigenvalue weighted by molar-refractivity contribution is 5.60. The van der Waals surface area contributed by atoms with Crippen LogP contribution in [0.3, 0.4) is 0 Å². The van der Waals surface area contributed by atoms with Crippen molar-refractivity contribution in [3.05, 3.63) is 71.4 Å². The minimum atomic E-state index is 0.0198. The van der Waals surface area contributed by atoms with E-state index in [1.165, 1.54) is 11.1 Å². The van der Waals surface area contributed by atoms with Crippen molar-refractivity contribution in [2.24, 2.45) is 5.41 Å². The second kappa shape index (κ2) is 8.50. The Morgan fingerprint density at radius 2 is 1.52 bits per heavy atom. The van der Waals surface area contributed by atoms with Gasteiger partial charge in [-0.3, -0.25) is 0 Å². The lowest BCUT2D eigenvalue weighted by Crippen LogP contribution is -2.42. The van der Waals surface area contributed by atoms with E-state index in [-0.39, 0.29) is 11.0 Å². The Morgan fingerprint density at radius 3 is 2.17 bits per heavy atom. The van der Waals surface area contributed by atoms with Crippen molar-refractivity contribution in [2.45, 2.75) is 66.6 Å². The van der Waals surface area contributed by atoms with Gasteiger partial charge in [0.25, 0.3) is 0 Å². The third kappa shape index (κ3) is 6.01. The van der Waals surface area contributed by atoms with Crippen LogP contribution in [-0.2, 0) is 13.1 Å². The molecule has 3 aromatic rings. The van der Waals surface area contributed by atoms with Gasteiger partial charge in [0.2, 0.25) is 0 Å². The quantitative estimate of drug-likeness (QED) is 0.570. The van der Waals surface area contributed by atoms with E-state index in [4.69, 9.17) is 10.2 Å². The molecule has 3 rings (SSSR count). The molecular weight excluding hydrogens is 356 g/mol. The number of hydrogen-bond acceptors (Lipinski definition) is 3.